The van der Waals surface area contributed by atoms with E-state index in [1.165, 1.54) is 18.1 Å². The Hall–Kier alpha value is -1.89. The van der Waals surface area contributed by atoms with E-state index in [2.05, 4.69) is 4.94 Å². The van der Waals surface area contributed by atoms with E-state index in [4.69, 9.17) is 9.84 Å². The van der Waals surface area contributed by atoms with Gasteiger partial charge in [0.15, 0.2) is 5.75 Å². The fourth-order valence-electron chi connectivity index (χ4n) is 2.45. The predicted octanol–water partition coefficient (Wildman–Crippen LogP) is 1.41. The van der Waals surface area contributed by atoms with Crippen LogP contribution in [0.15, 0.2) is 12.1 Å². The molecular formula is C13H15F2NO4. The summed E-state index contributed by atoms with van der Waals surface area (Å²) >= 11 is 0. The Balaban J connectivity index is 2.31. The highest BCUT2D eigenvalue weighted by molar-refractivity contribution is 5.80. The molecule has 1 aromatic rings. The minimum absolute atomic E-state index is 0.0158. The van der Waals surface area contributed by atoms with Crippen LogP contribution in [0.3, 0.4) is 0 Å². The molecule has 0 spiro atoms. The van der Waals surface area contributed by atoms with Gasteiger partial charge in [-0.2, -0.15) is 0 Å². The number of hydrogen-bond acceptors (Lipinski definition) is 4. The maximum atomic E-state index is 14.1. The molecule has 20 heavy (non-hydrogen) atoms. The molecule has 0 bridgehead atoms. The average Bonchev–Trinajstić information content (AvgIpc) is 2.79. The molecule has 1 atom stereocenters. The van der Waals surface area contributed by atoms with Crippen molar-refractivity contribution in [1.82, 2.24) is 4.90 Å². The zero-order valence-corrected chi connectivity index (χ0v) is 10.9. The van der Waals surface area contributed by atoms with E-state index in [-0.39, 0.29) is 49.1 Å². The van der Waals surface area contributed by atoms with E-state index >= 15 is 0 Å². The number of β-amino-alcohol motifs (C(OH)–C–C–N with tert-alkyl or cyclic N) is 1. The van der Waals surface area contributed by atoms with Gasteiger partial charge in [-0.25, -0.2) is 4.39 Å². The van der Waals surface area contributed by atoms with Gasteiger partial charge in [-0.1, -0.05) is 0 Å². The fraction of sp³-hybridized carbons (Fsp3) is 0.462. The number of carbonyl (C=O) groups is 1. The summed E-state index contributed by atoms with van der Waals surface area (Å²) in [5, 5.41) is 8.86. The van der Waals surface area contributed by atoms with Crippen molar-refractivity contribution in [3.05, 3.63) is 23.5 Å². The zero-order chi connectivity index (χ0) is 14.7. The van der Waals surface area contributed by atoms with Crippen molar-refractivity contribution < 1.29 is 28.5 Å². The third-order valence-electron chi connectivity index (χ3n) is 3.38. The zero-order valence-electron chi connectivity index (χ0n) is 10.9. The van der Waals surface area contributed by atoms with Crippen molar-refractivity contribution in [2.24, 2.45) is 0 Å². The third-order valence-corrected chi connectivity index (χ3v) is 3.38. The van der Waals surface area contributed by atoms with E-state index in [0.717, 1.165) is 6.07 Å². The van der Waals surface area contributed by atoms with Crippen molar-refractivity contribution in [2.75, 3.05) is 26.8 Å². The number of nitrogens with zero attached hydrogens (tertiary/aromatic N) is 1. The topological polar surface area (TPSA) is 59.0 Å². The summed E-state index contributed by atoms with van der Waals surface area (Å²) in [4.78, 5) is 16.8. The molecule has 5 nitrogen and oxygen atoms in total. The Kier molecular flexibility index (Phi) is 4.39. The molecule has 0 aromatic heterocycles. The van der Waals surface area contributed by atoms with Crippen molar-refractivity contribution in [2.45, 2.75) is 12.3 Å². The fourth-order valence-corrected chi connectivity index (χ4v) is 2.45. The highest BCUT2D eigenvalue weighted by atomic mass is 19.3. The first kappa shape index (κ1) is 14.5. The molecule has 110 valence electrons. The van der Waals surface area contributed by atoms with Crippen LogP contribution in [0.5, 0.6) is 11.5 Å². The molecule has 1 saturated heterocycles. The van der Waals surface area contributed by atoms with Crippen LogP contribution in [0.1, 0.15) is 17.9 Å². The van der Waals surface area contributed by atoms with Crippen LogP contribution in [0, 0.1) is 5.82 Å². The first-order valence-electron chi connectivity index (χ1n) is 6.15. The molecule has 1 N–H and O–H groups in total. The number of ether oxygens (including phenoxy) is 1. The first-order chi connectivity index (χ1) is 9.60. The molecule has 1 amide bonds. The Labute approximate surface area is 114 Å². The second-order valence-corrected chi connectivity index (χ2v) is 4.56. The third kappa shape index (κ3) is 2.67. The molecule has 7 heteroatoms. The largest absolute Gasteiger partial charge is 0.497 e. The molecule has 1 unspecified atom stereocenters. The summed E-state index contributed by atoms with van der Waals surface area (Å²) in [6, 6.07) is 2.36. The Morgan fingerprint density at radius 2 is 2.25 bits per heavy atom. The van der Waals surface area contributed by atoms with Gasteiger partial charge in [0.1, 0.15) is 11.6 Å². The Morgan fingerprint density at radius 3 is 2.85 bits per heavy atom. The number of benzene rings is 1. The number of aliphatic hydroxyl groups is 1. The number of amides is 1. The van der Waals surface area contributed by atoms with Gasteiger partial charge < -0.3 is 14.7 Å². The Bertz CT molecular complexity index is 509. The molecule has 1 fully saturated rings. The van der Waals surface area contributed by atoms with E-state index in [1.54, 1.807) is 0 Å². The van der Waals surface area contributed by atoms with E-state index < -0.39 is 11.7 Å². The lowest BCUT2D eigenvalue weighted by Gasteiger charge is -2.16. The molecule has 0 aliphatic carbocycles. The maximum absolute atomic E-state index is 14.1. The van der Waals surface area contributed by atoms with Gasteiger partial charge in [0.05, 0.1) is 13.7 Å². The molecule has 1 aromatic carbocycles. The number of rotatable bonds is 5. The molecule has 0 radical (unpaired) electrons. The lowest BCUT2D eigenvalue weighted by atomic mass is 9.96. The van der Waals surface area contributed by atoms with Gasteiger partial charge in [0.25, 0.3) is 0 Å². The molecule has 0 saturated carbocycles. The monoisotopic (exact) mass is 287 g/mol. The van der Waals surface area contributed by atoms with Crippen LogP contribution in [-0.2, 0) is 4.79 Å². The van der Waals surface area contributed by atoms with Gasteiger partial charge >= 0.3 is 0 Å². The maximum Gasteiger partial charge on any atom is 0.223 e. The van der Waals surface area contributed by atoms with E-state index in [1.807, 2.05) is 0 Å². The normalized spacial score (nSPS) is 18.5. The molecular weight excluding hydrogens is 272 g/mol. The van der Waals surface area contributed by atoms with Crippen LogP contribution in [0.25, 0.3) is 0 Å². The lowest BCUT2D eigenvalue weighted by Crippen LogP contribution is -2.28. The van der Waals surface area contributed by atoms with Crippen molar-refractivity contribution in [1.29, 1.82) is 0 Å². The van der Waals surface area contributed by atoms with Gasteiger partial charge in [0, 0.05) is 47.7 Å². The number of carbonyl (C=O) groups excluding carboxylic acids is 1. The smallest absolute Gasteiger partial charge is 0.223 e. The van der Waals surface area contributed by atoms with Gasteiger partial charge in [-0.05, 0) is 0 Å². The summed E-state index contributed by atoms with van der Waals surface area (Å²) in [6.45, 7) is 0.230. The SMILES string of the molecule is COc1cc(F)c(C2CC(=O)N(CCO)C2)c(OF)c1. The van der Waals surface area contributed by atoms with E-state index in [9.17, 15) is 13.7 Å². The summed E-state index contributed by atoms with van der Waals surface area (Å²) < 4.78 is 31.5. The molecule has 1 aliphatic rings. The number of methoxy groups -OCH3 is 1. The standard InChI is InChI=1S/C13H15F2NO4/c1-19-9-5-10(14)13(11(6-9)20-15)8-4-12(18)16(7-8)2-3-17/h5-6,8,17H,2-4,7H2,1H3. The first-order valence-corrected chi connectivity index (χ1v) is 6.15. The predicted molar refractivity (Wildman–Crippen MR) is 65.7 cm³/mol. The van der Waals surface area contributed by atoms with Crippen molar-refractivity contribution >= 4 is 5.91 Å². The minimum atomic E-state index is -0.680. The molecule has 2 rings (SSSR count). The number of hydrogen-bond donors (Lipinski definition) is 1. The molecule has 1 aliphatic heterocycles. The quantitative estimate of drug-likeness (QED) is 0.889. The molecule has 1 heterocycles. The number of halogens is 2. The van der Waals surface area contributed by atoms with Crippen molar-refractivity contribution in [3.63, 3.8) is 0 Å². The van der Waals surface area contributed by atoms with Gasteiger partial charge in [-0.15, -0.1) is 0 Å². The van der Waals surface area contributed by atoms with Crippen LogP contribution in [-0.4, -0.2) is 42.7 Å². The van der Waals surface area contributed by atoms with Crippen LogP contribution < -0.4 is 9.68 Å². The summed E-state index contributed by atoms with van der Waals surface area (Å²) in [6.07, 6.45) is 0.0552. The number of aliphatic hydroxyl groups excluding tert-OH is 1. The summed E-state index contributed by atoms with van der Waals surface area (Å²) in [5.41, 5.74) is 0.0158. The lowest BCUT2D eigenvalue weighted by molar-refractivity contribution is -0.128. The van der Waals surface area contributed by atoms with Crippen LogP contribution in [0.2, 0.25) is 0 Å². The highest BCUT2D eigenvalue weighted by Crippen LogP contribution is 2.38. The van der Waals surface area contributed by atoms with Gasteiger partial charge in [-0.3, -0.25) is 9.74 Å². The average molecular weight is 287 g/mol. The summed E-state index contributed by atoms with van der Waals surface area (Å²) in [5.74, 6) is -1.55. The highest BCUT2D eigenvalue weighted by Gasteiger charge is 2.34. The second-order valence-electron chi connectivity index (χ2n) is 4.56. The van der Waals surface area contributed by atoms with E-state index in [0.29, 0.717) is 0 Å². The van der Waals surface area contributed by atoms with Crippen molar-refractivity contribution in [3.8, 4) is 11.5 Å². The number of likely N-dealkylation sites (tertiary alicyclic amines) is 1. The Morgan fingerprint density at radius 1 is 1.50 bits per heavy atom. The van der Waals surface area contributed by atoms with Crippen LogP contribution >= 0.6 is 0 Å². The minimum Gasteiger partial charge on any atom is -0.497 e. The van der Waals surface area contributed by atoms with Gasteiger partial charge in [0.2, 0.25) is 5.91 Å². The summed E-state index contributed by atoms with van der Waals surface area (Å²) in [7, 11) is 1.33. The second kappa shape index (κ2) is 6.04. The van der Waals surface area contributed by atoms with Crippen LogP contribution in [0.4, 0.5) is 8.92 Å².